The first-order chi connectivity index (χ1) is 6.17. The van der Waals surface area contributed by atoms with Gasteiger partial charge in [0.05, 0.1) is 0 Å². The van der Waals surface area contributed by atoms with Crippen LogP contribution in [0.4, 0.5) is 0 Å². The Hall–Kier alpha value is 0.310. The zero-order chi connectivity index (χ0) is 9.73. The zero-order valence-corrected chi connectivity index (χ0v) is 9.87. The monoisotopic (exact) mass is 201 g/mol. The summed E-state index contributed by atoms with van der Waals surface area (Å²) in [6.07, 6.45) is 5.77. The van der Waals surface area contributed by atoms with Crippen LogP contribution >= 0.6 is 12.6 Å². The summed E-state index contributed by atoms with van der Waals surface area (Å²) in [7, 11) is 0. The van der Waals surface area contributed by atoms with Gasteiger partial charge in [-0.05, 0) is 24.2 Å². The SMILES string of the molecule is CC(C)(CNCCS)C1CCCC1. The van der Waals surface area contributed by atoms with E-state index in [1.54, 1.807) is 0 Å². The predicted octanol–water partition coefficient (Wildman–Crippen LogP) is 2.72. The highest BCUT2D eigenvalue weighted by atomic mass is 32.1. The Kier molecular flexibility index (Phi) is 4.60. The summed E-state index contributed by atoms with van der Waals surface area (Å²) < 4.78 is 0. The van der Waals surface area contributed by atoms with Crippen LogP contribution in [0, 0.1) is 11.3 Å². The van der Waals surface area contributed by atoms with Crippen molar-refractivity contribution >= 4 is 12.6 Å². The Morgan fingerprint density at radius 1 is 1.31 bits per heavy atom. The van der Waals surface area contributed by atoms with Gasteiger partial charge in [-0.25, -0.2) is 0 Å². The standard InChI is InChI=1S/C11H23NS/c1-11(2,9-12-7-8-13)10-5-3-4-6-10/h10,12-13H,3-9H2,1-2H3. The number of hydrogen-bond acceptors (Lipinski definition) is 2. The molecule has 0 amide bonds. The maximum atomic E-state index is 4.20. The van der Waals surface area contributed by atoms with E-state index in [1.807, 2.05) is 0 Å². The molecule has 1 rings (SSSR count). The van der Waals surface area contributed by atoms with Crippen molar-refractivity contribution in [3.8, 4) is 0 Å². The second kappa shape index (κ2) is 5.26. The fourth-order valence-corrected chi connectivity index (χ4v) is 2.50. The van der Waals surface area contributed by atoms with E-state index < -0.39 is 0 Å². The van der Waals surface area contributed by atoms with Crippen LogP contribution in [0.25, 0.3) is 0 Å². The topological polar surface area (TPSA) is 12.0 Å². The van der Waals surface area contributed by atoms with Crippen molar-refractivity contribution in [1.82, 2.24) is 5.32 Å². The molecule has 1 fully saturated rings. The molecule has 0 aliphatic heterocycles. The van der Waals surface area contributed by atoms with Crippen LogP contribution in [-0.4, -0.2) is 18.8 Å². The minimum atomic E-state index is 0.486. The highest BCUT2D eigenvalue weighted by molar-refractivity contribution is 7.80. The summed E-state index contributed by atoms with van der Waals surface area (Å²) >= 11 is 4.20. The van der Waals surface area contributed by atoms with Crippen LogP contribution in [0.1, 0.15) is 39.5 Å². The van der Waals surface area contributed by atoms with Gasteiger partial charge in [0.2, 0.25) is 0 Å². The van der Waals surface area contributed by atoms with Crippen LogP contribution < -0.4 is 5.32 Å². The fraction of sp³-hybridized carbons (Fsp3) is 1.00. The van der Waals surface area contributed by atoms with Gasteiger partial charge in [0.1, 0.15) is 0 Å². The van der Waals surface area contributed by atoms with Crippen LogP contribution in [0.2, 0.25) is 0 Å². The van der Waals surface area contributed by atoms with E-state index in [2.05, 4.69) is 31.8 Å². The van der Waals surface area contributed by atoms with E-state index in [0.29, 0.717) is 5.41 Å². The van der Waals surface area contributed by atoms with Crippen LogP contribution in [0.3, 0.4) is 0 Å². The highest BCUT2D eigenvalue weighted by Crippen LogP contribution is 2.38. The average molecular weight is 201 g/mol. The maximum Gasteiger partial charge on any atom is 0.00399 e. The van der Waals surface area contributed by atoms with Gasteiger partial charge in [0.25, 0.3) is 0 Å². The Morgan fingerprint density at radius 2 is 1.92 bits per heavy atom. The predicted molar refractivity (Wildman–Crippen MR) is 62.5 cm³/mol. The molecule has 0 radical (unpaired) electrons. The molecule has 0 saturated heterocycles. The average Bonchev–Trinajstić information content (AvgIpc) is 2.56. The molecule has 1 N–H and O–H groups in total. The largest absolute Gasteiger partial charge is 0.315 e. The Balaban J connectivity index is 2.26. The molecule has 0 spiro atoms. The maximum absolute atomic E-state index is 4.20. The number of hydrogen-bond donors (Lipinski definition) is 2. The zero-order valence-electron chi connectivity index (χ0n) is 8.97. The van der Waals surface area contributed by atoms with Crippen molar-refractivity contribution in [2.45, 2.75) is 39.5 Å². The van der Waals surface area contributed by atoms with Gasteiger partial charge in [0, 0.05) is 18.8 Å². The number of thiol groups is 1. The molecule has 1 saturated carbocycles. The van der Waals surface area contributed by atoms with Crippen molar-refractivity contribution in [1.29, 1.82) is 0 Å². The molecule has 0 bridgehead atoms. The summed E-state index contributed by atoms with van der Waals surface area (Å²) in [4.78, 5) is 0. The molecule has 0 aromatic carbocycles. The Bertz CT molecular complexity index is 139. The van der Waals surface area contributed by atoms with Crippen molar-refractivity contribution < 1.29 is 0 Å². The molecule has 0 heterocycles. The first kappa shape index (κ1) is 11.4. The first-order valence-electron chi connectivity index (χ1n) is 5.48. The van der Waals surface area contributed by atoms with E-state index >= 15 is 0 Å². The summed E-state index contributed by atoms with van der Waals surface area (Å²) in [5, 5.41) is 3.48. The number of nitrogens with one attached hydrogen (secondary N) is 1. The first-order valence-corrected chi connectivity index (χ1v) is 6.11. The molecule has 13 heavy (non-hydrogen) atoms. The van der Waals surface area contributed by atoms with Crippen molar-refractivity contribution in [2.24, 2.45) is 11.3 Å². The van der Waals surface area contributed by atoms with Crippen LogP contribution in [0.15, 0.2) is 0 Å². The number of rotatable bonds is 5. The third-order valence-electron chi connectivity index (χ3n) is 3.33. The summed E-state index contributed by atoms with van der Waals surface area (Å²) in [5.41, 5.74) is 0.486. The second-order valence-electron chi connectivity index (χ2n) is 4.87. The smallest absolute Gasteiger partial charge is 0.00399 e. The lowest BCUT2D eigenvalue weighted by atomic mass is 9.78. The molecule has 1 aliphatic rings. The van der Waals surface area contributed by atoms with Gasteiger partial charge < -0.3 is 5.32 Å². The normalized spacial score (nSPS) is 19.6. The minimum absolute atomic E-state index is 0.486. The molecule has 1 nitrogen and oxygen atoms in total. The Labute approximate surface area is 88.1 Å². The molecule has 78 valence electrons. The van der Waals surface area contributed by atoms with Gasteiger partial charge >= 0.3 is 0 Å². The van der Waals surface area contributed by atoms with E-state index in [9.17, 15) is 0 Å². The minimum Gasteiger partial charge on any atom is -0.315 e. The van der Waals surface area contributed by atoms with E-state index in [1.165, 1.54) is 25.7 Å². The molecule has 0 aromatic rings. The molecule has 2 heteroatoms. The van der Waals surface area contributed by atoms with Crippen molar-refractivity contribution in [3.63, 3.8) is 0 Å². The third kappa shape index (κ3) is 3.51. The van der Waals surface area contributed by atoms with Gasteiger partial charge in [-0.3, -0.25) is 0 Å². The van der Waals surface area contributed by atoms with Crippen molar-refractivity contribution in [2.75, 3.05) is 18.8 Å². The molecule has 0 unspecified atom stereocenters. The molecule has 0 aromatic heterocycles. The van der Waals surface area contributed by atoms with Gasteiger partial charge in [0.15, 0.2) is 0 Å². The second-order valence-corrected chi connectivity index (χ2v) is 5.32. The van der Waals surface area contributed by atoms with Gasteiger partial charge in [-0.1, -0.05) is 26.7 Å². The Morgan fingerprint density at radius 3 is 2.46 bits per heavy atom. The molecular formula is C11H23NS. The molecule has 1 aliphatic carbocycles. The summed E-state index contributed by atoms with van der Waals surface area (Å²) in [6.45, 7) is 6.99. The van der Waals surface area contributed by atoms with E-state index in [4.69, 9.17) is 0 Å². The van der Waals surface area contributed by atoms with Crippen molar-refractivity contribution in [3.05, 3.63) is 0 Å². The summed E-state index contributed by atoms with van der Waals surface area (Å²) in [6, 6.07) is 0. The quantitative estimate of drug-likeness (QED) is 0.515. The van der Waals surface area contributed by atoms with Crippen LogP contribution in [-0.2, 0) is 0 Å². The highest BCUT2D eigenvalue weighted by Gasteiger charge is 2.30. The lowest BCUT2D eigenvalue weighted by Crippen LogP contribution is -2.35. The lowest BCUT2D eigenvalue weighted by molar-refractivity contribution is 0.210. The van der Waals surface area contributed by atoms with E-state index in [0.717, 1.165) is 24.8 Å². The fourth-order valence-electron chi connectivity index (χ4n) is 2.34. The van der Waals surface area contributed by atoms with E-state index in [-0.39, 0.29) is 0 Å². The van der Waals surface area contributed by atoms with Gasteiger partial charge in [-0.15, -0.1) is 0 Å². The lowest BCUT2D eigenvalue weighted by Gasteiger charge is -2.31. The third-order valence-corrected chi connectivity index (χ3v) is 3.55. The molecule has 0 atom stereocenters. The van der Waals surface area contributed by atoms with Gasteiger partial charge in [-0.2, -0.15) is 12.6 Å². The summed E-state index contributed by atoms with van der Waals surface area (Å²) in [5.74, 6) is 1.89. The molecular weight excluding hydrogens is 178 g/mol. The van der Waals surface area contributed by atoms with Crippen LogP contribution in [0.5, 0.6) is 0 Å².